The number of likely N-dealkylation sites (tertiary alicyclic amines) is 1. The molecule has 1 aliphatic heterocycles. The minimum absolute atomic E-state index is 0.0405. The number of fused-ring (bicyclic) bond motifs is 1. The Kier molecular flexibility index (Phi) is 8.81. The third kappa shape index (κ3) is 6.95. The monoisotopic (exact) mass is 590 g/mol. The Labute approximate surface area is 239 Å². The molecular formula is C28H32Cl2N4O4S. The average Bonchev–Trinajstić information content (AvgIpc) is 2.92. The van der Waals surface area contributed by atoms with Crippen LogP contribution < -0.4 is 14.2 Å². The first-order chi connectivity index (χ1) is 18.8. The summed E-state index contributed by atoms with van der Waals surface area (Å²) >= 11 is 12.6. The quantitative estimate of drug-likeness (QED) is 0.338. The average molecular weight is 592 g/mol. The highest BCUT2D eigenvalue weighted by Crippen LogP contribution is 2.32. The molecule has 8 nitrogen and oxygen atoms in total. The second-order valence-electron chi connectivity index (χ2n) is 10.1. The van der Waals surface area contributed by atoms with Gasteiger partial charge in [-0.25, -0.2) is 18.4 Å². The van der Waals surface area contributed by atoms with E-state index in [0.717, 1.165) is 68.6 Å². The first-order valence-electron chi connectivity index (χ1n) is 13.2. The molecule has 208 valence electrons. The zero-order valence-electron chi connectivity index (χ0n) is 21.8. The number of piperidine rings is 1. The molecule has 0 saturated carbocycles. The molecule has 1 N–H and O–H groups in total. The van der Waals surface area contributed by atoms with E-state index in [9.17, 15) is 8.42 Å². The van der Waals surface area contributed by atoms with Gasteiger partial charge in [-0.3, -0.25) is 4.72 Å². The molecule has 5 rings (SSSR count). The molecule has 3 aromatic rings. The molecule has 0 bridgehead atoms. The number of nitrogens with one attached hydrogen (secondary N) is 1. The van der Waals surface area contributed by atoms with Crippen molar-refractivity contribution < 1.29 is 17.9 Å². The summed E-state index contributed by atoms with van der Waals surface area (Å²) in [4.78, 5) is 11.6. The lowest BCUT2D eigenvalue weighted by molar-refractivity contribution is 0.160. The smallest absolute Gasteiger partial charge is 0.264 e. The topological polar surface area (TPSA) is 93.7 Å². The molecule has 1 fully saturated rings. The number of halogens is 2. The van der Waals surface area contributed by atoms with Crippen LogP contribution in [0.25, 0.3) is 0 Å². The number of nitrogens with zero attached hydrogens (tertiary/aromatic N) is 3. The largest absolute Gasteiger partial charge is 0.492 e. The van der Waals surface area contributed by atoms with Crippen molar-refractivity contribution in [3.8, 4) is 11.6 Å². The van der Waals surface area contributed by atoms with Gasteiger partial charge in [-0.15, -0.1) is 0 Å². The highest BCUT2D eigenvalue weighted by atomic mass is 35.5. The SMILES string of the molecule is CN1CCC(COc2cc(COc3nc4c(nc3NS(=O)(=O)c3ccccc3Cl)CCCC4)ccc2Cl)CC1. The van der Waals surface area contributed by atoms with Crippen LogP contribution in [-0.2, 0) is 29.5 Å². The summed E-state index contributed by atoms with van der Waals surface area (Å²) in [7, 11) is -1.88. The van der Waals surface area contributed by atoms with Gasteiger partial charge in [-0.1, -0.05) is 41.4 Å². The van der Waals surface area contributed by atoms with Crippen molar-refractivity contribution in [3.63, 3.8) is 0 Å². The molecule has 39 heavy (non-hydrogen) atoms. The van der Waals surface area contributed by atoms with Crippen molar-refractivity contribution in [2.75, 3.05) is 31.5 Å². The molecule has 1 aromatic heterocycles. The van der Waals surface area contributed by atoms with Crippen LogP contribution in [0.15, 0.2) is 47.4 Å². The number of rotatable bonds is 9. The van der Waals surface area contributed by atoms with E-state index in [0.29, 0.717) is 23.3 Å². The summed E-state index contributed by atoms with van der Waals surface area (Å²) in [6, 6.07) is 11.7. The summed E-state index contributed by atoms with van der Waals surface area (Å²) in [5.74, 6) is 1.27. The van der Waals surface area contributed by atoms with E-state index in [1.54, 1.807) is 18.2 Å². The van der Waals surface area contributed by atoms with E-state index >= 15 is 0 Å². The van der Waals surface area contributed by atoms with Gasteiger partial charge in [0.15, 0.2) is 0 Å². The van der Waals surface area contributed by atoms with Gasteiger partial charge in [0.1, 0.15) is 17.3 Å². The number of aryl methyl sites for hydroxylation is 2. The Hall–Kier alpha value is -2.59. The Bertz CT molecular complexity index is 1430. The molecule has 0 radical (unpaired) electrons. The van der Waals surface area contributed by atoms with Crippen molar-refractivity contribution >= 4 is 39.0 Å². The lowest BCUT2D eigenvalue weighted by Gasteiger charge is -2.28. The maximum Gasteiger partial charge on any atom is 0.264 e. The molecule has 0 spiro atoms. The van der Waals surface area contributed by atoms with Gasteiger partial charge in [-0.05, 0) is 94.4 Å². The molecule has 2 aliphatic rings. The van der Waals surface area contributed by atoms with Crippen molar-refractivity contribution in [2.24, 2.45) is 5.92 Å². The maximum atomic E-state index is 13.2. The molecule has 11 heteroatoms. The van der Waals surface area contributed by atoms with Crippen LogP contribution in [0.3, 0.4) is 0 Å². The number of benzene rings is 2. The Balaban J connectivity index is 1.34. The van der Waals surface area contributed by atoms with Crippen LogP contribution in [0.5, 0.6) is 11.6 Å². The number of anilines is 1. The number of sulfonamides is 1. The Morgan fingerprint density at radius 1 is 0.974 bits per heavy atom. The van der Waals surface area contributed by atoms with Gasteiger partial charge in [-0.2, -0.15) is 0 Å². The van der Waals surface area contributed by atoms with Crippen molar-refractivity contribution in [3.05, 3.63) is 69.5 Å². The molecule has 0 atom stereocenters. The van der Waals surface area contributed by atoms with Crippen molar-refractivity contribution in [1.82, 2.24) is 14.9 Å². The Morgan fingerprint density at radius 2 is 1.69 bits per heavy atom. The van der Waals surface area contributed by atoms with E-state index in [2.05, 4.69) is 26.6 Å². The summed E-state index contributed by atoms with van der Waals surface area (Å²) in [5, 5.41) is 0.653. The highest BCUT2D eigenvalue weighted by Gasteiger charge is 2.24. The first-order valence-corrected chi connectivity index (χ1v) is 15.4. The molecule has 0 amide bonds. The predicted molar refractivity (Wildman–Crippen MR) is 152 cm³/mol. The zero-order chi connectivity index (χ0) is 27.4. The van der Waals surface area contributed by atoms with Crippen LogP contribution in [0, 0.1) is 5.92 Å². The number of hydrogen-bond acceptors (Lipinski definition) is 7. The Morgan fingerprint density at radius 3 is 2.44 bits per heavy atom. The molecule has 0 unspecified atom stereocenters. The van der Waals surface area contributed by atoms with Gasteiger partial charge in [0.05, 0.1) is 28.0 Å². The lowest BCUT2D eigenvalue weighted by Crippen LogP contribution is -2.32. The van der Waals surface area contributed by atoms with Gasteiger partial charge >= 0.3 is 0 Å². The zero-order valence-corrected chi connectivity index (χ0v) is 24.2. The summed E-state index contributed by atoms with van der Waals surface area (Å²) in [6.45, 7) is 2.89. The van der Waals surface area contributed by atoms with Crippen LogP contribution in [0.1, 0.15) is 42.6 Å². The third-order valence-electron chi connectivity index (χ3n) is 7.14. The third-order valence-corrected chi connectivity index (χ3v) is 9.29. The predicted octanol–water partition coefficient (Wildman–Crippen LogP) is 5.76. The second-order valence-corrected chi connectivity index (χ2v) is 12.6. The van der Waals surface area contributed by atoms with Gasteiger partial charge in [0.25, 0.3) is 15.9 Å². The van der Waals surface area contributed by atoms with Crippen molar-refractivity contribution in [2.45, 2.75) is 50.0 Å². The van der Waals surface area contributed by atoms with Crippen LogP contribution >= 0.6 is 23.2 Å². The van der Waals surface area contributed by atoms with E-state index in [-0.39, 0.29) is 28.2 Å². The summed E-state index contributed by atoms with van der Waals surface area (Å²) < 4.78 is 41.0. The first kappa shape index (κ1) is 28.0. The number of hydrogen-bond donors (Lipinski definition) is 1. The van der Waals surface area contributed by atoms with Crippen LogP contribution in [0.4, 0.5) is 5.82 Å². The maximum absolute atomic E-state index is 13.2. The highest BCUT2D eigenvalue weighted by molar-refractivity contribution is 7.92. The van der Waals surface area contributed by atoms with E-state index in [1.807, 2.05) is 12.1 Å². The fourth-order valence-electron chi connectivity index (χ4n) is 4.82. The van der Waals surface area contributed by atoms with E-state index in [4.69, 9.17) is 32.7 Å². The van der Waals surface area contributed by atoms with E-state index in [1.165, 1.54) is 12.1 Å². The minimum Gasteiger partial charge on any atom is -0.492 e. The molecule has 1 aliphatic carbocycles. The fourth-order valence-corrected chi connectivity index (χ4v) is 6.51. The molecular weight excluding hydrogens is 559 g/mol. The number of aromatic nitrogens is 2. The molecule has 2 heterocycles. The number of ether oxygens (including phenoxy) is 2. The second kappa shape index (κ2) is 12.3. The van der Waals surface area contributed by atoms with Crippen LogP contribution in [0.2, 0.25) is 10.0 Å². The lowest BCUT2D eigenvalue weighted by atomic mass is 9.98. The minimum atomic E-state index is -4.01. The fraction of sp³-hybridized carbons (Fsp3) is 0.429. The summed E-state index contributed by atoms with van der Waals surface area (Å²) in [5.41, 5.74) is 2.42. The molecule has 1 saturated heterocycles. The van der Waals surface area contributed by atoms with Crippen molar-refractivity contribution in [1.29, 1.82) is 0 Å². The standard InChI is InChI=1S/C28H32Cl2N4O4S/c1-34-14-12-19(13-15-34)17-37-25-16-20(10-11-21(25)29)18-38-28-27(31-23-7-3-4-8-24(23)32-28)33-39(35,36)26-9-5-2-6-22(26)30/h2,5-6,9-11,16,19H,3-4,7-8,12-15,17-18H2,1H3,(H,31,33). The van der Waals surface area contributed by atoms with Gasteiger partial charge in [0.2, 0.25) is 5.82 Å². The normalized spacial score (nSPS) is 16.5. The van der Waals surface area contributed by atoms with E-state index < -0.39 is 10.0 Å². The van der Waals surface area contributed by atoms with Crippen LogP contribution in [-0.4, -0.2) is 50.0 Å². The summed E-state index contributed by atoms with van der Waals surface area (Å²) in [6.07, 6.45) is 5.68. The van der Waals surface area contributed by atoms with Gasteiger partial charge in [0, 0.05) is 0 Å². The molecule has 2 aromatic carbocycles. The van der Waals surface area contributed by atoms with Gasteiger partial charge < -0.3 is 14.4 Å².